The maximum atomic E-state index is 5.86. The number of rotatable bonds is 0. The average molecular weight is 177 g/mol. The molecule has 3 N–H and O–H groups in total. The fraction of sp³-hybridized carbons (Fsp3) is 1.00. The van der Waals surface area contributed by atoms with Crippen LogP contribution in [0.3, 0.4) is 0 Å². The zero-order valence-corrected chi connectivity index (χ0v) is 7.62. The first-order valence-electron chi connectivity index (χ1n) is 4.27. The molecule has 1 aliphatic carbocycles. The number of halogens is 1. The fourth-order valence-electron chi connectivity index (χ4n) is 2.44. The third kappa shape index (κ3) is 1.68. The average Bonchev–Trinajstić information content (AvgIpc) is 2.46. The summed E-state index contributed by atoms with van der Waals surface area (Å²) in [5.41, 5.74) is 6.49. The lowest BCUT2D eigenvalue weighted by atomic mass is 9.85. The zero-order valence-electron chi connectivity index (χ0n) is 6.81. The van der Waals surface area contributed by atoms with E-state index in [2.05, 4.69) is 5.32 Å². The SMILES string of the molecule is Cl.NC1CCC2(CCNC2)C1. The van der Waals surface area contributed by atoms with Gasteiger partial charge in [-0.2, -0.15) is 0 Å². The summed E-state index contributed by atoms with van der Waals surface area (Å²) in [4.78, 5) is 0. The van der Waals surface area contributed by atoms with Gasteiger partial charge in [-0.25, -0.2) is 0 Å². The molecule has 2 aliphatic rings. The lowest BCUT2D eigenvalue weighted by molar-refractivity contribution is 0.331. The number of hydrogen-bond donors (Lipinski definition) is 2. The van der Waals surface area contributed by atoms with E-state index in [0.717, 1.165) is 0 Å². The molecule has 2 atom stereocenters. The van der Waals surface area contributed by atoms with Crippen molar-refractivity contribution in [1.29, 1.82) is 0 Å². The summed E-state index contributed by atoms with van der Waals surface area (Å²) in [7, 11) is 0. The van der Waals surface area contributed by atoms with Gasteiger partial charge in [0.15, 0.2) is 0 Å². The van der Waals surface area contributed by atoms with Gasteiger partial charge < -0.3 is 11.1 Å². The molecular formula is C8H17ClN2. The van der Waals surface area contributed by atoms with Crippen LogP contribution < -0.4 is 11.1 Å². The van der Waals surface area contributed by atoms with Gasteiger partial charge in [0.1, 0.15) is 0 Å². The van der Waals surface area contributed by atoms with Crippen molar-refractivity contribution in [2.24, 2.45) is 11.1 Å². The monoisotopic (exact) mass is 176 g/mol. The first-order valence-corrected chi connectivity index (χ1v) is 4.27. The lowest BCUT2D eigenvalue weighted by Gasteiger charge is -2.20. The van der Waals surface area contributed by atoms with Crippen molar-refractivity contribution >= 4 is 12.4 Å². The molecule has 0 aromatic rings. The van der Waals surface area contributed by atoms with Crippen molar-refractivity contribution in [3.8, 4) is 0 Å². The van der Waals surface area contributed by atoms with E-state index in [0.29, 0.717) is 11.5 Å². The van der Waals surface area contributed by atoms with Crippen LogP contribution in [-0.2, 0) is 0 Å². The second kappa shape index (κ2) is 3.30. The minimum absolute atomic E-state index is 0. The Labute approximate surface area is 74.3 Å². The Hall–Kier alpha value is 0.210. The lowest BCUT2D eigenvalue weighted by Crippen LogP contribution is -2.23. The summed E-state index contributed by atoms with van der Waals surface area (Å²) >= 11 is 0. The highest BCUT2D eigenvalue weighted by Gasteiger charge is 2.39. The minimum atomic E-state index is 0. The predicted octanol–water partition coefficient (Wildman–Crippen LogP) is 0.899. The van der Waals surface area contributed by atoms with E-state index < -0.39 is 0 Å². The van der Waals surface area contributed by atoms with Gasteiger partial charge in [-0.1, -0.05) is 0 Å². The van der Waals surface area contributed by atoms with Gasteiger partial charge in [-0.05, 0) is 37.6 Å². The van der Waals surface area contributed by atoms with E-state index in [-0.39, 0.29) is 12.4 Å². The van der Waals surface area contributed by atoms with Gasteiger partial charge in [-0.15, -0.1) is 12.4 Å². The van der Waals surface area contributed by atoms with Crippen LogP contribution in [-0.4, -0.2) is 19.1 Å². The molecule has 1 aliphatic heterocycles. The Morgan fingerprint density at radius 2 is 2.18 bits per heavy atom. The van der Waals surface area contributed by atoms with Crippen molar-refractivity contribution in [2.75, 3.05) is 13.1 Å². The number of nitrogens with one attached hydrogen (secondary N) is 1. The highest BCUT2D eigenvalue weighted by Crippen LogP contribution is 2.41. The number of nitrogens with two attached hydrogens (primary N) is 1. The van der Waals surface area contributed by atoms with Gasteiger partial charge >= 0.3 is 0 Å². The summed E-state index contributed by atoms with van der Waals surface area (Å²) < 4.78 is 0. The largest absolute Gasteiger partial charge is 0.328 e. The molecule has 0 aromatic carbocycles. The predicted molar refractivity (Wildman–Crippen MR) is 49.0 cm³/mol. The van der Waals surface area contributed by atoms with Crippen LogP contribution in [0.5, 0.6) is 0 Å². The summed E-state index contributed by atoms with van der Waals surface area (Å²) in [6.45, 7) is 2.44. The highest BCUT2D eigenvalue weighted by atomic mass is 35.5. The zero-order chi connectivity index (χ0) is 7.03. The molecule has 0 radical (unpaired) electrons. The second-order valence-corrected chi connectivity index (χ2v) is 3.93. The smallest absolute Gasteiger partial charge is 0.00448 e. The molecule has 1 saturated heterocycles. The summed E-state index contributed by atoms with van der Waals surface area (Å²) in [5.74, 6) is 0. The van der Waals surface area contributed by atoms with Gasteiger partial charge in [0.05, 0.1) is 0 Å². The van der Waals surface area contributed by atoms with Crippen LogP contribution in [0.1, 0.15) is 25.7 Å². The third-order valence-electron chi connectivity index (χ3n) is 3.07. The molecule has 1 spiro atoms. The van der Waals surface area contributed by atoms with E-state index in [1.54, 1.807) is 0 Å². The van der Waals surface area contributed by atoms with Crippen LogP contribution >= 0.6 is 12.4 Å². The van der Waals surface area contributed by atoms with E-state index in [1.165, 1.54) is 38.8 Å². The van der Waals surface area contributed by atoms with Crippen molar-refractivity contribution in [3.05, 3.63) is 0 Å². The van der Waals surface area contributed by atoms with Crippen LogP contribution in [0.2, 0.25) is 0 Å². The Morgan fingerprint density at radius 1 is 1.36 bits per heavy atom. The van der Waals surface area contributed by atoms with Crippen LogP contribution in [0.4, 0.5) is 0 Å². The van der Waals surface area contributed by atoms with Gasteiger partial charge in [0.25, 0.3) is 0 Å². The minimum Gasteiger partial charge on any atom is -0.328 e. The van der Waals surface area contributed by atoms with Gasteiger partial charge in [0, 0.05) is 12.6 Å². The van der Waals surface area contributed by atoms with Crippen LogP contribution in [0.15, 0.2) is 0 Å². The summed E-state index contributed by atoms with van der Waals surface area (Å²) in [6, 6.07) is 0.500. The molecule has 2 rings (SSSR count). The molecule has 3 heteroatoms. The van der Waals surface area contributed by atoms with E-state index in [9.17, 15) is 0 Å². The molecule has 2 fully saturated rings. The molecule has 2 nitrogen and oxygen atoms in total. The van der Waals surface area contributed by atoms with Gasteiger partial charge in [0.2, 0.25) is 0 Å². The highest BCUT2D eigenvalue weighted by molar-refractivity contribution is 5.85. The van der Waals surface area contributed by atoms with Crippen molar-refractivity contribution in [2.45, 2.75) is 31.7 Å². The fourth-order valence-corrected chi connectivity index (χ4v) is 2.44. The van der Waals surface area contributed by atoms with Crippen LogP contribution in [0, 0.1) is 5.41 Å². The molecular weight excluding hydrogens is 160 g/mol. The molecule has 0 amide bonds. The maximum absolute atomic E-state index is 5.86. The first-order chi connectivity index (χ1) is 4.81. The molecule has 1 saturated carbocycles. The summed E-state index contributed by atoms with van der Waals surface area (Å²) in [6.07, 6.45) is 5.24. The van der Waals surface area contributed by atoms with E-state index in [4.69, 9.17) is 5.73 Å². The Morgan fingerprint density at radius 3 is 2.64 bits per heavy atom. The normalized spacial score (nSPS) is 42.8. The molecule has 1 heterocycles. The standard InChI is InChI=1S/C8H16N2.ClH/c9-7-1-2-8(5-7)3-4-10-6-8;/h7,10H,1-6,9H2;1H. The molecule has 2 unspecified atom stereocenters. The van der Waals surface area contributed by atoms with Crippen molar-refractivity contribution < 1.29 is 0 Å². The Balaban J connectivity index is 0.000000605. The third-order valence-corrected chi connectivity index (χ3v) is 3.07. The second-order valence-electron chi connectivity index (χ2n) is 3.93. The first kappa shape index (κ1) is 9.30. The van der Waals surface area contributed by atoms with E-state index >= 15 is 0 Å². The van der Waals surface area contributed by atoms with Crippen molar-refractivity contribution in [1.82, 2.24) is 5.32 Å². The molecule has 0 bridgehead atoms. The Kier molecular flexibility index (Phi) is 2.79. The van der Waals surface area contributed by atoms with E-state index in [1.807, 2.05) is 0 Å². The topological polar surface area (TPSA) is 38.0 Å². The quantitative estimate of drug-likeness (QED) is 0.576. The van der Waals surface area contributed by atoms with Crippen LogP contribution in [0.25, 0.3) is 0 Å². The summed E-state index contributed by atoms with van der Waals surface area (Å²) in [5, 5.41) is 3.42. The maximum Gasteiger partial charge on any atom is 0.00448 e. The molecule has 11 heavy (non-hydrogen) atoms. The number of hydrogen-bond acceptors (Lipinski definition) is 2. The van der Waals surface area contributed by atoms with Crippen molar-refractivity contribution in [3.63, 3.8) is 0 Å². The van der Waals surface area contributed by atoms with Gasteiger partial charge in [-0.3, -0.25) is 0 Å². The molecule has 0 aromatic heterocycles. The molecule has 66 valence electrons. The Bertz CT molecular complexity index is 132.